The molecule has 0 N–H and O–H groups in total. The zero-order valence-corrected chi connectivity index (χ0v) is 75.2. The summed E-state index contributed by atoms with van der Waals surface area (Å²) in [6.07, 6.45) is 1.83. The van der Waals surface area contributed by atoms with E-state index < -0.39 is 0 Å². The van der Waals surface area contributed by atoms with Gasteiger partial charge in [-0.1, -0.05) is 328 Å². The van der Waals surface area contributed by atoms with Crippen LogP contribution in [-0.4, -0.2) is 19.9 Å². The Morgan fingerprint density at radius 2 is 0.635 bits per heavy atom. The Labute approximate surface area is 792 Å². The van der Waals surface area contributed by atoms with Gasteiger partial charge in [-0.2, -0.15) is 0 Å². The lowest BCUT2D eigenvalue weighted by Gasteiger charge is -2.13. The molecule has 0 saturated heterocycles. The maximum Gasteiger partial charge on any atom is 0.143 e. The van der Waals surface area contributed by atoms with Crippen molar-refractivity contribution in [2.45, 2.75) is 0 Å². The van der Waals surface area contributed by atoms with Gasteiger partial charge in [0.2, 0.25) is 0 Å². The van der Waals surface area contributed by atoms with Crippen molar-refractivity contribution in [3.63, 3.8) is 0 Å². The highest BCUT2D eigenvalue weighted by molar-refractivity contribution is 7.27. The quantitative estimate of drug-likeness (QED) is 0.150. The maximum atomic E-state index is 6.63. The summed E-state index contributed by atoms with van der Waals surface area (Å²) in [6.45, 7) is 0. The summed E-state index contributed by atoms with van der Waals surface area (Å²) < 4.78 is 24.7. The molecule has 0 radical (unpaired) electrons. The first-order chi connectivity index (χ1) is 67.9. The Balaban J connectivity index is 0.000000102. The van der Waals surface area contributed by atoms with Gasteiger partial charge >= 0.3 is 0 Å². The smallest absolute Gasteiger partial charge is 0.143 e. The molecule has 0 bridgehead atoms. The Morgan fingerprint density at radius 3 is 1.33 bits per heavy atom. The Morgan fingerprint density at radius 1 is 0.182 bits per heavy atom. The number of furan rings is 3. The third kappa shape index (κ3) is 13.0. The minimum absolute atomic E-state index is 0.850. The fourth-order valence-electron chi connectivity index (χ4n) is 21.2. The number of hydrogen-bond acceptors (Lipinski definition) is 9. The van der Waals surface area contributed by atoms with Gasteiger partial charge < -0.3 is 13.3 Å². The van der Waals surface area contributed by atoms with E-state index >= 15 is 0 Å². The van der Waals surface area contributed by atoms with Gasteiger partial charge in [0.25, 0.3) is 0 Å². The van der Waals surface area contributed by atoms with E-state index in [2.05, 4.69) is 417 Å². The van der Waals surface area contributed by atoms with Crippen molar-refractivity contribution in [2.75, 3.05) is 0 Å². The molecule has 0 aliphatic heterocycles. The largest absolute Gasteiger partial charge is 0.456 e. The van der Waals surface area contributed by atoms with Crippen molar-refractivity contribution in [1.29, 1.82) is 0 Å². The number of nitrogens with zero attached hydrogens (tertiary/aromatic N) is 4. The van der Waals surface area contributed by atoms with Crippen molar-refractivity contribution in [3.8, 4) is 89.7 Å². The maximum absolute atomic E-state index is 6.63. The molecule has 636 valence electrons. The van der Waals surface area contributed by atoms with Crippen LogP contribution in [0.25, 0.3) is 293 Å². The summed E-state index contributed by atoms with van der Waals surface area (Å²) in [4.78, 5) is 20.8. The first kappa shape index (κ1) is 78.1. The second-order valence-corrected chi connectivity index (χ2v) is 37.7. The standard InChI is InChI=1S/C47H27NOS.C41H23NOS.C40H24N2O/c1-2-11-30-25-32(20-19-28(30)9-1)40-27-41(33-13-7-12-31(26-33)35-16-8-17-38-36-15-5-6-18-43(36)50-47(35)38)48-45-37(40)23-24-42-44(45)39-22-21-29-10-3-4-14-34(29)46(39)49-42;1-2-9-26-21-27(14-13-24(26)7-1)34-23-35(28-16-17-31-30-11-5-6-12-36(30)43-37(31)22-28)42-40-32(34)19-20-38-39(40)33-18-15-25-8-3-4-10-29(25)41(33)44-38;1-3-11-29-25(8-1)10-7-13-31(29)39-32-21-22-37-38(33-20-19-26-9-2-4-12-30(26)40(33)43-37)34(32)24-36(42-39)28-17-15-27(16-18-28)35-14-5-6-23-41-35/h1-27H;1-23H;1-24H. The van der Waals surface area contributed by atoms with Gasteiger partial charge in [-0.3, -0.25) is 4.98 Å². The number of para-hydroxylation sites is 1. The summed E-state index contributed by atoms with van der Waals surface area (Å²) in [5.41, 5.74) is 24.6. The molecule has 137 heavy (non-hydrogen) atoms. The average Bonchev–Trinajstić information content (AvgIpc) is 1.60. The van der Waals surface area contributed by atoms with Gasteiger partial charge in [-0.05, 0) is 208 Å². The second-order valence-electron chi connectivity index (χ2n) is 35.6. The molecule has 0 atom stereocenters. The van der Waals surface area contributed by atoms with E-state index in [1.807, 2.05) is 59.2 Å². The molecule has 0 amide bonds. The number of benzene rings is 21. The Bertz CT molecular complexity index is 10300. The molecule has 0 spiro atoms. The van der Waals surface area contributed by atoms with Crippen molar-refractivity contribution >= 4 is 226 Å². The van der Waals surface area contributed by atoms with Gasteiger partial charge in [0.1, 0.15) is 33.5 Å². The van der Waals surface area contributed by atoms with Crippen LogP contribution in [0.4, 0.5) is 0 Å². The molecule has 9 heteroatoms. The number of aromatic nitrogens is 4. The molecule has 9 heterocycles. The molecule has 30 rings (SSSR count). The molecule has 0 saturated carbocycles. The summed E-state index contributed by atoms with van der Waals surface area (Å²) >= 11 is 3.73. The van der Waals surface area contributed by atoms with Crippen molar-refractivity contribution in [1.82, 2.24) is 19.9 Å². The van der Waals surface area contributed by atoms with E-state index in [0.717, 1.165) is 171 Å². The molecule has 30 aromatic rings. The van der Waals surface area contributed by atoms with Crippen LogP contribution in [0.15, 0.2) is 462 Å². The monoisotopic (exact) mass is 1780 g/mol. The van der Waals surface area contributed by atoms with Gasteiger partial charge in [-0.15, -0.1) is 22.7 Å². The van der Waals surface area contributed by atoms with Crippen LogP contribution in [0.5, 0.6) is 0 Å². The Kier molecular flexibility index (Phi) is 18.0. The highest BCUT2D eigenvalue weighted by Gasteiger charge is 2.25. The zero-order chi connectivity index (χ0) is 89.9. The van der Waals surface area contributed by atoms with Crippen molar-refractivity contribution in [3.05, 3.63) is 449 Å². The highest BCUT2D eigenvalue weighted by Crippen LogP contribution is 2.50. The normalized spacial score (nSPS) is 11.9. The van der Waals surface area contributed by atoms with Gasteiger partial charge in [-0.25, -0.2) is 15.0 Å². The second kappa shape index (κ2) is 31.6. The zero-order valence-electron chi connectivity index (χ0n) is 73.6. The van der Waals surface area contributed by atoms with Crippen molar-refractivity contribution < 1.29 is 13.3 Å². The first-order valence-electron chi connectivity index (χ1n) is 46.3. The molecular formula is C128H74N4O3S2. The minimum Gasteiger partial charge on any atom is -0.456 e. The van der Waals surface area contributed by atoms with Crippen LogP contribution in [0.1, 0.15) is 0 Å². The molecule has 0 aliphatic rings. The van der Waals surface area contributed by atoms with E-state index in [-0.39, 0.29) is 0 Å². The summed E-state index contributed by atoms with van der Waals surface area (Å²) in [5.74, 6) is 0. The van der Waals surface area contributed by atoms with E-state index in [0.29, 0.717) is 0 Å². The van der Waals surface area contributed by atoms with Crippen LogP contribution in [0, 0.1) is 0 Å². The minimum atomic E-state index is 0.850. The van der Waals surface area contributed by atoms with Gasteiger partial charge in [0.15, 0.2) is 0 Å². The summed E-state index contributed by atoms with van der Waals surface area (Å²) in [5, 5.41) is 30.7. The average molecular weight is 1780 g/mol. The third-order valence-corrected chi connectivity index (χ3v) is 30.2. The topological polar surface area (TPSA) is 91.0 Å². The molecule has 7 nitrogen and oxygen atoms in total. The molecule has 0 fully saturated rings. The highest BCUT2D eigenvalue weighted by atomic mass is 32.1. The predicted octanol–water partition coefficient (Wildman–Crippen LogP) is 36.8. The van der Waals surface area contributed by atoms with Crippen LogP contribution in [-0.2, 0) is 0 Å². The van der Waals surface area contributed by atoms with Gasteiger partial charge in [0.05, 0.1) is 44.9 Å². The summed E-state index contributed by atoms with van der Waals surface area (Å²) in [6, 6.07) is 158. The number of hydrogen-bond donors (Lipinski definition) is 0. The van der Waals surface area contributed by atoms with E-state index in [4.69, 9.17) is 28.2 Å². The van der Waals surface area contributed by atoms with Gasteiger partial charge in [0, 0.05) is 128 Å². The van der Waals surface area contributed by atoms with Crippen LogP contribution in [0.3, 0.4) is 0 Å². The lowest BCUT2D eigenvalue weighted by atomic mass is 9.94. The predicted molar refractivity (Wildman–Crippen MR) is 579 cm³/mol. The lowest BCUT2D eigenvalue weighted by molar-refractivity contribution is 0.669. The molecule has 9 aromatic heterocycles. The summed E-state index contributed by atoms with van der Waals surface area (Å²) in [7, 11) is 0. The fraction of sp³-hybridized carbons (Fsp3) is 0. The van der Waals surface area contributed by atoms with E-state index in [9.17, 15) is 0 Å². The SMILES string of the molecule is c1cc(-c2cc(-c3ccc4ccccc4c3)c3ccc4oc5c6ccccc6ccc5c4c3n2)cc(-c2cccc3c2sc2ccccc23)c1.c1ccc(-c2ccc(-c3cc4c(ccc5oc6c7ccccc7ccc6c54)c(-c4cccc5ccccc45)n3)cc2)nc1.c1ccc2cc(-c3cc(-c4ccc5c(c4)oc4ccccc45)nc4c3ccc3sc5c6ccccc6ccc5c34)ccc2c1. The van der Waals surface area contributed by atoms with Crippen molar-refractivity contribution in [2.24, 2.45) is 0 Å². The fourth-order valence-corrected chi connectivity index (χ4v) is 23.7. The number of rotatable bonds is 8. The number of thiophene rings is 2. The van der Waals surface area contributed by atoms with E-state index in [1.165, 1.54) is 122 Å². The number of fused-ring (bicyclic) bond motifs is 30. The van der Waals surface area contributed by atoms with E-state index in [1.54, 1.807) is 0 Å². The molecular weight excluding hydrogens is 1710 g/mol. The van der Waals surface area contributed by atoms with Crippen LogP contribution in [0.2, 0.25) is 0 Å². The lowest BCUT2D eigenvalue weighted by Crippen LogP contribution is -1.93. The molecule has 0 aliphatic carbocycles. The van der Waals surface area contributed by atoms with Crippen LogP contribution < -0.4 is 0 Å². The molecule has 0 unspecified atom stereocenters. The first-order valence-corrected chi connectivity index (χ1v) is 47.9. The third-order valence-electron chi connectivity index (χ3n) is 27.8. The number of pyridine rings is 4. The Hall–Kier alpha value is -17.6. The molecule has 21 aromatic carbocycles. The van der Waals surface area contributed by atoms with Crippen LogP contribution >= 0.6 is 22.7 Å².